The molecular formula is C12H11F3N4OS. The molecule has 0 aliphatic rings. The SMILES string of the molecule is Cn1cnnc1SCC(=O)Nc1cccc(C(F)(F)F)c1. The lowest BCUT2D eigenvalue weighted by molar-refractivity contribution is -0.137. The van der Waals surface area contributed by atoms with Crippen LogP contribution in [0.2, 0.25) is 0 Å². The Bertz CT molecular complexity index is 641. The lowest BCUT2D eigenvalue weighted by atomic mass is 10.2. The molecule has 5 nitrogen and oxygen atoms in total. The summed E-state index contributed by atoms with van der Waals surface area (Å²) in [6.07, 6.45) is -2.94. The van der Waals surface area contributed by atoms with Crippen LogP contribution in [0.4, 0.5) is 18.9 Å². The summed E-state index contributed by atoms with van der Waals surface area (Å²) in [6.45, 7) is 0. The molecule has 1 N–H and O–H groups in total. The molecular weight excluding hydrogens is 305 g/mol. The Morgan fingerprint density at radius 3 is 2.81 bits per heavy atom. The molecule has 2 rings (SSSR count). The van der Waals surface area contributed by atoms with Crippen molar-refractivity contribution in [1.82, 2.24) is 14.8 Å². The van der Waals surface area contributed by atoms with Gasteiger partial charge in [0.1, 0.15) is 6.33 Å². The summed E-state index contributed by atoms with van der Waals surface area (Å²) in [7, 11) is 1.73. The topological polar surface area (TPSA) is 59.8 Å². The van der Waals surface area contributed by atoms with Gasteiger partial charge in [-0.2, -0.15) is 13.2 Å². The number of benzene rings is 1. The molecule has 0 spiro atoms. The molecule has 0 aliphatic carbocycles. The summed E-state index contributed by atoms with van der Waals surface area (Å²) < 4.78 is 39.3. The molecule has 0 unspecified atom stereocenters. The van der Waals surface area contributed by atoms with Crippen LogP contribution in [0, 0.1) is 0 Å². The number of nitrogens with one attached hydrogen (secondary N) is 1. The van der Waals surface area contributed by atoms with E-state index in [1.54, 1.807) is 11.6 Å². The van der Waals surface area contributed by atoms with E-state index in [1.165, 1.54) is 18.5 Å². The summed E-state index contributed by atoms with van der Waals surface area (Å²) in [5.74, 6) is -0.384. The van der Waals surface area contributed by atoms with Crippen molar-refractivity contribution in [2.45, 2.75) is 11.3 Å². The lowest BCUT2D eigenvalue weighted by Gasteiger charge is -2.09. The lowest BCUT2D eigenvalue weighted by Crippen LogP contribution is -2.15. The minimum Gasteiger partial charge on any atom is -0.325 e. The third-order valence-electron chi connectivity index (χ3n) is 2.48. The van der Waals surface area contributed by atoms with Gasteiger partial charge in [0, 0.05) is 12.7 Å². The van der Waals surface area contributed by atoms with Crippen LogP contribution >= 0.6 is 11.8 Å². The second kappa shape index (κ2) is 6.17. The van der Waals surface area contributed by atoms with E-state index < -0.39 is 17.6 Å². The fourth-order valence-corrected chi connectivity index (χ4v) is 2.19. The number of aryl methyl sites for hydroxylation is 1. The second-order valence-electron chi connectivity index (χ2n) is 4.14. The normalized spacial score (nSPS) is 11.4. The standard InChI is InChI=1S/C12H11F3N4OS/c1-19-7-16-18-11(19)21-6-10(20)17-9-4-2-3-8(5-9)12(13,14)15/h2-5,7H,6H2,1H3,(H,17,20). The van der Waals surface area contributed by atoms with Crippen molar-refractivity contribution >= 4 is 23.4 Å². The summed E-state index contributed by atoms with van der Waals surface area (Å²) in [4.78, 5) is 11.7. The highest BCUT2D eigenvalue weighted by molar-refractivity contribution is 7.99. The van der Waals surface area contributed by atoms with Gasteiger partial charge in [-0.3, -0.25) is 4.79 Å². The average molecular weight is 316 g/mol. The van der Waals surface area contributed by atoms with Crippen molar-refractivity contribution in [2.75, 3.05) is 11.1 Å². The Hall–Kier alpha value is -2.03. The van der Waals surface area contributed by atoms with E-state index in [-0.39, 0.29) is 11.4 Å². The number of nitrogens with zero attached hydrogens (tertiary/aromatic N) is 3. The van der Waals surface area contributed by atoms with Gasteiger partial charge in [0.25, 0.3) is 0 Å². The third kappa shape index (κ3) is 4.22. The highest BCUT2D eigenvalue weighted by Crippen LogP contribution is 2.30. The van der Waals surface area contributed by atoms with E-state index in [2.05, 4.69) is 15.5 Å². The highest BCUT2D eigenvalue weighted by atomic mass is 32.2. The van der Waals surface area contributed by atoms with Crippen molar-refractivity contribution in [3.8, 4) is 0 Å². The molecule has 0 bridgehead atoms. The Morgan fingerprint density at radius 2 is 2.19 bits per heavy atom. The number of carbonyl (C=O) groups excluding carboxylic acids is 1. The average Bonchev–Trinajstić information content (AvgIpc) is 2.81. The van der Waals surface area contributed by atoms with Crippen LogP contribution in [0.3, 0.4) is 0 Å². The molecule has 2 aromatic rings. The van der Waals surface area contributed by atoms with E-state index in [0.29, 0.717) is 5.16 Å². The van der Waals surface area contributed by atoms with E-state index in [4.69, 9.17) is 0 Å². The monoisotopic (exact) mass is 316 g/mol. The van der Waals surface area contributed by atoms with E-state index >= 15 is 0 Å². The molecule has 1 amide bonds. The Kier molecular flexibility index (Phi) is 4.51. The molecule has 9 heteroatoms. The zero-order valence-corrected chi connectivity index (χ0v) is 11.7. The minimum absolute atomic E-state index is 0.0305. The number of halogens is 3. The van der Waals surface area contributed by atoms with Crippen molar-refractivity contribution < 1.29 is 18.0 Å². The zero-order chi connectivity index (χ0) is 15.5. The van der Waals surface area contributed by atoms with Crippen LogP contribution in [-0.2, 0) is 18.0 Å². The minimum atomic E-state index is -4.44. The molecule has 1 aromatic heterocycles. The number of carbonyl (C=O) groups is 1. The van der Waals surface area contributed by atoms with Gasteiger partial charge >= 0.3 is 6.18 Å². The van der Waals surface area contributed by atoms with Gasteiger partial charge in [-0.1, -0.05) is 17.8 Å². The predicted molar refractivity (Wildman–Crippen MR) is 71.8 cm³/mol. The first kappa shape index (κ1) is 15.4. The molecule has 0 aliphatic heterocycles. The van der Waals surface area contributed by atoms with Crippen molar-refractivity contribution in [3.05, 3.63) is 36.2 Å². The van der Waals surface area contributed by atoms with Crippen molar-refractivity contribution in [1.29, 1.82) is 0 Å². The Labute approximate surface area is 122 Å². The van der Waals surface area contributed by atoms with E-state index in [9.17, 15) is 18.0 Å². The molecule has 1 heterocycles. The number of thioether (sulfide) groups is 1. The molecule has 1 aromatic carbocycles. The molecule has 112 valence electrons. The van der Waals surface area contributed by atoms with Crippen molar-refractivity contribution in [3.63, 3.8) is 0 Å². The number of alkyl halides is 3. The van der Waals surface area contributed by atoms with Crippen LogP contribution in [0.1, 0.15) is 5.56 Å². The van der Waals surface area contributed by atoms with Gasteiger partial charge in [0.2, 0.25) is 5.91 Å². The number of rotatable bonds is 4. The number of anilines is 1. The molecule has 0 saturated carbocycles. The predicted octanol–water partition coefficient (Wildman–Crippen LogP) is 2.56. The number of hydrogen-bond donors (Lipinski definition) is 1. The maximum absolute atomic E-state index is 12.5. The quantitative estimate of drug-likeness (QED) is 0.881. The van der Waals surface area contributed by atoms with Gasteiger partial charge in [-0.05, 0) is 18.2 Å². The molecule has 0 saturated heterocycles. The zero-order valence-electron chi connectivity index (χ0n) is 10.9. The maximum Gasteiger partial charge on any atom is 0.416 e. The van der Waals surface area contributed by atoms with Crippen molar-refractivity contribution in [2.24, 2.45) is 7.05 Å². The van der Waals surface area contributed by atoms with Crippen LogP contribution in [0.15, 0.2) is 35.7 Å². The maximum atomic E-state index is 12.5. The van der Waals surface area contributed by atoms with Crippen LogP contribution in [0.5, 0.6) is 0 Å². The first-order chi connectivity index (χ1) is 9.86. The highest BCUT2D eigenvalue weighted by Gasteiger charge is 2.30. The summed E-state index contributed by atoms with van der Waals surface area (Å²) in [6, 6.07) is 4.49. The summed E-state index contributed by atoms with van der Waals surface area (Å²) >= 11 is 1.15. The fraction of sp³-hybridized carbons (Fsp3) is 0.250. The first-order valence-corrected chi connectivity index (χ1v) is 6.79. The number of amides is 1. The smallest absolute Gasteiger partial charge is 0.325 e. The van der Waals surface area contributed by atoms with Gasteiger partial charge < -0.3 is 9.88 Å². The first-order valence-electron chi connectivity index (χ1n) is 5.80. The van der Waals surface area contributed by atoms with Crippen LogP contribution in [0.25, 0.3) is 0 Å². The van der Waals surface area contributed by atoms with Gasteiger partial charge in [0.15, 0.2) is 5.16 Å². The molecule has 0 radical (unpaired) electrons. The largest absolute Gasteiger partial charge is 0.416 e. The molecule has 0 fully saturated rings. The van der Waals surface area contributed by atoms with Gasteiger partial charge in [0.05, 0.1) is 11.3 Å². The van der Waals surface area contributed by atoms with E-state index in [1.807, 2.05) is 0 Å². The van der Waals surface area contributed by atoms with E-state index in [0.717, 1.165) is 23.9 Å². The summed E-state index contributed by atoms with van der Waals surface area (Å²) in [5, 5.41) is 10.4. The number of aromatic nitrogens is 3. The third-order valence-corrected chi connectivity index (χ3v) is 3.51. The Balaban J connectivity index is 1.95. The molecule has 0 atom stereocenters. The van der Waals surface area contributed by atoms with Gasteiger partial charge in [-0.25, -0.2) is 0 Å². The molecule has 21 heavy (non-hydrogen) atoms. The summed E-state index contributed by atoms with van der Waals surface area (Å²) in [5.41, 5.74) is -0.699. The van der Waals surface area contributed by atoms with Crippen LogP contribution < -0.4 is 5.32 Å². The Morgan fingerprint density at radius 1 is 1.43 bits per heavy atom. The fourth-order valence-electron chi connectivity index (χ4n) is 1.50. The van der Waals surface area contributed by atoms with Crippen LogP contribution in [-0.4, -0.2) is 26.4 Å². The number of hydrogen-bond acceptors (Lipinski definition) is 4. The van der Waals surface area contributed by atoms with Gasteiger partial charge in [-0.15, -0.1) is 10.2 Å². The second-order valence-corrected chi connectivity index (χ2v) is 5.08.